The maximum Gasteiger partial charge on any atom is 0.168 e. The van der Waals surface area contributed by atoms with Crippen molar-refractivity contribution in [3.05, 3.63) is 53.5 Å². The average Bonchev–Trinajstić information content (AvgIpc) is 2.84. The van der Waals surface area contributed by atoms with Crippen molar-refractivity contribution in [2.24, 2.45) is 4.99 Å². The molecule has 0 spiro atoms. The van der Waals surface area contributed by atoms with E-state index in [-0.39, 0.29) is 0 Å². The monoisotopic (exact) mass is 228 g/mol. The molecule has 1 N–H and O–H groups in total. The second-order valence-electron chi connectivity index (χ2n) is 3.99. The highest BCUT2D eigenvalue weighted by atomic mass is 16.3. The fraction of sp³-hybridized carbons (Fsp3) is 0.214. The van der Waals surface area contributed by atoms with E-state index in [0.717, 1.165) is 17.3 Å². The molecule has 3 nitrogen and oxygen atoms in total. The van der Waals surface area contributed by atoms with Crippen LogP contribution in [0.3, 0.4) is 0 Å². The first kappa shape index (κ1) is 11.5. The Morgan fingerprint density at radius 3 is 2.71 bits per heavy atom. The largest absolute Gasteiger partial charge is 0.461 e. The van der Waals surface area contributed by atoms with Crippen LogP contribution in [-0.4, -0.2) is 12.9 Å². The van der Waals surface area contributed by atoms with E-state index >= 15 is 0 Å². The zero-order valence-corrected chi connectivity index (χ0v) is 10.3. The van der Waals surface area contributed by atoms with Gasteiger partial charge in [0, 0.05) is 12.7 Å². The number of nitrogens with zero attached hydrogens (tertiary/aromatic N) is 1. The molecule has 0 radical (unpaired) electrons. The first-order chi connectivity index (χ1) is 8.20. The lowest BCUT2D eigenvalue weighted by Gasteiger charge is -2.10. The minimum Gasteiger partial charge on any atom is -0.461 e. The zero-order chi connectivity index (χ0) is 12.3. The molecule has 2 rings (SSSR count). The van der Waals surface area contributed by atoms with E-state index in [4.69, 9.17) is 4.42 Å². The number of hydrogen-bond acceptors (Lipinski definition) is 2. The Morgan fingerprint density at radius 2 is 2.06 bits per heavy atom. The van der Waals surface area contributed by atoms with E-state index in [9.17, 15) is 0 Å². The highest BCUT2D eigenvalue weighted by molar-refractivity contribution is 6.06. The Morgan fingerprint density at radius 1 is 1.24 bits per heavy atom. The molecular weight excluding hydrogens is 212 g/mol. The van der Waals surface area contributed by atoms with Crippen LogP contribution >= 0.6 is 0 Å². The van der Waals surface area contributed by atoms with Crippen LogP contribution in [0.15, 0.2) is 46.0 Å². The standard InChI is InChI=1S/C14H16N2O/c1-10-6-7-11(2)12(9-10)16-14(15-3)13-5-4-8-17-13/h4-9H,1-3H3,(H,15,16). The smallest absolute Gasteiger partial charge is 0.168 e. The number of anilines is 1. The van der Waals surface area contributed by atoms with Gasteiger partial charge in [0.25, 0.3) is 0 Å². The lowest BCUT2D eigenvalue weighted by atomic mass is 10.1. The van der Waals surface area contributed by atoms with Crippen LogP contribution in [0.5, 0.6) is 0 Å². The molecule has 17 heavy (non-hydrogen) atoms. The van der Waals surface area contributed by atoms with Gasteiger partial charge in [-0.1, -0.05) is 12.1 Å². The molecule has 0 aliphatic carbocycles. The molecule has 3 heteroatoms. The summed E-state index contributed by atoms with van der Waals surface area (Å²) in [4.78, 5) is 4.21. The van der Waals surface area contributed by atoms with Gasteiger partial charge in [0.05, 0.1) is 6.26 Å². The number of aliphatic imine (C=N–C) groups is 1. The van der Waals surface area contributed by atoms with E-state index in [1.807, 2.05) is 12.1 Å². The second-order valence-corrected chi connectivity index (χ2v) is 3.99. The topological polar surface area (TPSA) is 37.5 Å². The predicted molar refractivity (Wildman–Crippen MR) is 70.7 cm³/mol. The number of furan rings is 1. The van der Waals surface area contributed by atoms with Gasteiger partial charge in [-0.2, -0.15) is 0 Å². The van der Waals surface area contributed by atoms with E-state index in [0.29, 0.717) is 0 Å². The summed E-state index contributed by atoms with van der Waals surface area (Å²) in [6, 6.07) is 10.0. The molecule has 0 aliphatic rings. The molecule has 0 saturated carbocycles. The van der Waals surface area contributed by atoms with Gasteiger partial charge < -0.3 is 9.73 Å². The third-order valence-electron chi connectivity index (χ3n) is 2.62. The lowest BCUT2D eigenvalue weighted by Crippen LogP contribution is -2.13. The van der Waals surface area contributed by atoms with Gasteiger partial charge in [0.15, 0.2) is 11.6 Å². The Labute approximate surface area is 101 Å². The Balaban J connectivity index is 2.28. The molecule has 0 saturated heterocycles. The van der Waals surface area contributed by atoms with Gasteiger partial charge in [0.2, 0.25) is 0 Å². The van der Waals surface area contributed by atoms with E-state index < -0.39 is 0 Å². The van der Waals surface area contributed by atoms with E-state index in [2.05, 4.69) is 42.4 Å². The number of rotatable bonds is 2. The van der Waals surface area contributed by atoms with Crippen LogP contribution in [0.4, 0.5) is 5.69 Å². The van der Waals surface area contributed by atoms with Crippen LogP contribution in [-0.2, 0) is 0 Å². The molecule has 0 fully saturated rings. The van der Waals surface area contributed by atoms with Crippen molar-refractivity contribution in [2.75, 3.05) is 12.4 Å². The normalized spacial score (nSPS) is 11.6. The van der Waals surface area contributed by atoms with Crippen molar-refractivity contribution in [1.82, 2.24) is 0 Å². The van der Waals surface area contributed by atoms with E-state index in [1.165, 1.54) is 11.1 Å². The maximum atomic E-state index is 5.34. The highest BCUT2D eigenvalue weighted by Gasteiger charge is 2.07. The Hall–Kier alpha value is -2.03. The number of nitrogens with one attached hydrogen (secondary N) is 1. The Bertz CT molecular complexity index is 527. The van der Waals surface area contributed by atoms with Crippen LogP contribution in [0.25, 0.3) is 0 Å². The quantitative estimate of drug-likeness (QED) is 0.632. The molecule has 0 amide bonds. The number of benzene rings is 1. The Kier molecular flexibility index (Phi) is 3.28. The molecule has 1 aromatic heterocycles. The van der Waals surface area contributed by atoms with Gasteiger partial charge in [-0.15, -0.1) is 0 Å². The molecule has 0 bridgehead atoms. The zero-order valence-electron chi connectivity index (χ0n) is 10.3. The third kappa shape index (κ3) is 2.56. The summed E-state index contributed by atoms with van der Waals surface area (Å²) >= 11 is 0. The van der Waals surface area contributed by atoms with Crippen molar-refractivity contribution in [3.8, 4) is 0 Å². The molecule has 88 valence electrons. The summed E-state index contributed by atoms with van der Waals surface area (Å²) in [6.07, 6.45) is 1.64. The van der Waals surface area contributed by atoms with Crippen molar-refractivity contribution >= 4 is 11.5 Å². The molecule has 0 unspecified atom stereocenters. The minimum absolute atomic E-state index is 0.740. The highest BCUT2D eigenvalue weighted by Crippen LogP contribution is 2.17. The van der Waals surface area contributed by atoms with Crippen LogP contribution in [0.1, 0.15) is 16.9 Å². The number of amidine groups is 1. The number of hydrogen-bond donors (Lipinski definition) is 1. The first-order valence-electron chi connectivity index (χ1n) is 5.55. The fourth-order valence-electron chi connectivity index (χ4n) is 1.64. The molecular formula is C14H16N2O. The molecule has 1 heterocycles. The SMILES string of the molecule is CN=C(Nc1cc(C)ccc1C)c1ccco1. The average molecular weight is 228 g/mol. The summed E-state index contributed by atoms with van der Waals surface area (Å²) in [5.74, 6) is 1.48. The maximum absolute atomic E-state index is 5.34. The summed E-state index contributed by atoms with van der Waals surface area (Å²) in [6.45, 7) is 4.14. The summed E-state index contributed by atoms with van der Waals surface area (Å²) in [7, 11) is 1.75. The van der Waals surface area contributed by atoms with Crippen LogP contribution in [0, 0.1) is 13.8 Å². The van der Waals surface area contributed by atoms with E-state index in [1.54, 1.807) is 13.3 Å². The van der Waals surface area contributed by atoms with Crippen molar-refractivity contribution in [3.63, 3.8) is 0 Å². The summed E-state index contributed by atoms with van der Waals surface area (Å²) < 4.78 is 5.34. The lowest BCUT2D eigenvalue weighted by molar-refractivity contribution is 0.557. The molecule has 0 atom stereocenters. The van der Waals surface area contributed by atoms with Crippen LogP contribution in [0.2, 0.25) is 0 Å². The summed E-state index contributed by atoms with van der Waals surface area (Å²) in [5, 5.41) is 3.30. The third-order valence-corrected chi connectivity index (χ3v) is 2.62. The first-order valence-corrected chi connectivity index (χ1v) is 5.55. The van der Waals surface area contributed by atoms with Gasteiger partial charge in [-0.25, -0.2) is 0 Å². The van der Waals surface area contributed by atoms with Gasteiger partial charge >= 0.3 is 0 Å². The molecule has 0 aliphatic heterocycles. The minimum atomic E-state index is 0.740. The van der Waals surface area contributed by atoms with Gasteiger partial charge in [0.1, 0.15) is 0 Å². The van der Waals surface area contributed by atoms with Gasteiger partial charge in [-0.05, 0) is 43.2 Å². The van der Waals surface area contributed by atoms with Crippen LogP contribution < -0.4 is 5.32 Å². The predicted octanol–water partition coefficient (Wildman–Crippen LogP) is 3.38. The number of aryl methyl sites for hydroxylation is 2. The summed E-state index contributed by atoms with van der Waals surface area (Å²) in [5.41, 5.74) is 3.46. The molecule has 1 aromatic carbocycles. The van der Waals surface area contributed by atoms with Crippen molar-refractivity contribution in [1.29, 1.82) is 0 Å². The van der Waals surface area contributed by atoms with Crippen molar-refractivity contribution in [2.45, 2.75) is 13.8 Å². The van der Waals surface area contributed by atoms with Gasteiger partial charge in [-0.3, -0.25) is 4.99 Å². The van der Waals surface area contributed by atoms with Crippen molar-refractivity contribution < 1.29 is 4.42 Å². The fourth-order valence-corrected chi connectivity index (χ4v) is 1.64. The second kappa shape index (κ2) is 4.87. The molecule has 2 aromatic rings.